The van der Waals surface area contributed by atoms with Gasteiger partial charge in [0, 0.05) is 0 Å². The van der Waals surface area contributed by atoms with Gasteiger partial charge in [-0.1, -0.05) is 48.5 Å². The minimum absolute atomic E-state index is 0.959. The van der Waals surface area contributed by atoms with E-state index in [1.807, 2.05) is 18.2 Å². The van der Waals surface area contributed by atoms with Crippen molar-refractivity contribution in [3.05, 3.63) is 65.7 Å². The first-order chi connectivity index (χ1) is 6.86. The molecule has 0 spiro atoms. The molecule has 2 aromatic carbocycles. The van der Waals surface area contributed by atoms with Crippen LogP contribution in [0, 0.1) is 0 Å². The Kier molecular flexibility index (Phi) is 2.96. The van der Waals surface area contributed by atoms with Gasteiger partial charge in [-0.15, -0.1) is 11.6 Å². The molecule has 1 heteroatoms. The zero-order valence-electron chi connectivity index (χ0n) is 7.85. The minimum atomic E-state index is 0.959. The topological polar surface area (TPSA) is 0 Å². The molecule has 0 radical (unpaired) electrons. The van der Waals surface area contributed by atoms with E-state index in [2.05, 4.69) is 45.6 Å². The fourth-order valence-corrected chi connectivity index (χ4v) is 1.72. The van der Waals surface area contributed by atoms with Gasteiger partial charge >= 0.3 is 0 Å². The van der Waals surface area contributed by atoms with Gasteiger partial charge in [-0.05, 0) is 12.0 Å². The zero-order chi connectivity index (χ0) is 9.80. The highest BCUT2D eigenvalue weighted by Gasteiger charge is 1.90. The van der Waals surface area contributed by atoms with Crippen LogP contribution in [-0.2, 0) is 6.42 Å². The average molecular weight is 198 g/mol. The second-order valence-electron chi connectivity index (χ2n) is 3.29. The van der Waals surface area contributed by atoms with Crippen molar-refractivity contribution in [2.24, 2.45) is 0 Å². The first-order valence-electron chi connectivity index (χ1n) is 4.67. The van der Waals surface area contributed by atoms with E-state index < -0.39 is 0 Å². The van der Waals surface area contributed by atoms with E-state index in [0.29, 0.717) is 0 Å². The van der Waals surface area contributed by atoms with Crippen LogP contribution in [0.2, 0.25) is 0 Å². The van der Waals surface area contributed by atoms with Gasteiger partial charge in [0.1, 0.15) is 0 Å². The summed E-state index contributed by atoms with van der Waals surface area (Å²) in [5, 5.41) is 1.07. The molecule has 0 saturated carbocycles. The smallest absolute Gasteiger partial charge is 0.00696 e. The minimum Gasteiger partial charge on any atom is -1.45 e. The monoisotopic (exact) mass is 198 g/mol. The second kappa shape index (κ2) is 4.39. The summed E-state index contributed by atoms with van der Waals surface area (Å²) in [5.74, 6) is 0. The first-order valence-corrected chi connectivity index (χ1v) is 5.12. The molecule has 0 nitrogen and oxygen atoms in total. The van der Waals surface area contributed by atoms with Crippen LogP contribution in [0.3, 0.4) is 0 Å². The molecule has 0 amide bonds. The number of hydrogen-bond acceptors (Lipinski definition) is 0. The molecule has 2 rings (SSSR count). The van der Waals surface area contributed by atoms with Gasteiger partial charge in [0.2, 0.25) is 0 Å². The van der Waals surface area contributed by atoms with Crippen LogP contribution in [0.15, 0.2) is 54.6 Å². The van der Waals surface area contributed by atoms with Crippen molar-refractivity contribution in [2.75, 3.05) is 0 Å². The normalized spacial score (nSPS) is 10.1. The summed E-state index contributed by atoms with van der Waals surface area (Å²) in [4.78, 5) is 0. The van der Waals surface area contributed by atoms with Gasteiger partial charge in [0.05, 0.1) is 0 Å². The number of rotatable bonds is 2. The summed E-state index contributed by atoms with van der Waals surface area (Å²) < 4.78 is 0. The van der Waals surface area contributed by atoms with Crippen molar-refractivity contribution in [1.82, 2.24) is 0 Å². The van der Waals surface area contributed by atoms with Gasteiger partial charge in [-0.3, -0.25) is 0 Å². The maximum absolute atomic E-state index is 4.43. The predicted octanol–water partition coefficient (Wildman–Crippen LogP) is 3.31. The van der Waals surface area contributed by atoms with E-state index in [4.69, 9.17) is 0 Å². The van der Waals surface area contributed by atoms with Crippen molar-refractivity contribution in [3.8, 4) is 0 Å². The lowest BCUT2D eigenvalue weighted by atomic mass is 10.1. The van der Waals surface area contributed by atoms with Crippen molar-refractivity contribution >= 4 is 14.5 Å². The van der Waals surface area contributed by atoms with E-state index in [9.17, 15) is 0 Å². The standard InChI is InChI=1S/C13H11P/c14-13-9-5-4-8-12(13)10-11-6-2-1-3-7-11/h1-9H,10H2/q-2. The van der Waals surface area contributed by atoms with Crippen LogP contribution in [-0.4, -0.2) is 0 Å². The van der Waals surface area contributed by atoms with Crippen molar-refractivity contribution in [3.63, 3.8) is 0 Å². The molecule has 0 aliphatic heterocycles. The molecule has 0 aromatic heterocycles. The van der Waals surface area contributed by atoms with Crippen LogP contribution in [0.1, 0.15) is 11.1 Å². The van der Waals surface area contributed by atoms with E-state index >= 15 is 0 Å². The molecule has 0 N–H and O–H groups in total. The molecule has 70 valence electrons. The molecule has 0 atom stereocenters. The predicted molar refractivity (Wildman–Crippen MR) is 62.2 cm³/mol. The van der Waals surface area contributed by atoms with Crippen molar-refractivity contribution in [1.29, 1.82) is 0 Å². The lowest BCUT2D eigenvalue weighted by Crippen LogP contribution is -2.01. The highest BCUT2D eigenvalue weighted by atomic mass is 31.0. The molecule has 0 fully saturated rings. The van der Waals surface area contributed by atoms with Crippen LogP contribution >= 0.6 is 9.24 Å². The molecule has 0 unspecified atom stereocenters. The Balaban J connectivity index is 2.24. The van der Waals surface area contributed by atoms with Crippen LogP contribution < -0.4 is 5.30 Å². The second-order valence-corrected chi connectivity index (χ2v) is 3.77. The molecule has 0 saturated heterocycles. The van der Waals surface area contributed by atoms with Gasteiger partial charge in [0.25, 0.3) is 0 Å². The van der Waals surface area contributed by atoms with Gasteiger partial charge < -0.3 is 14.5 Å². The third kappa shape index (κ3) is 2.21. The van der Waals surface area contributed by atoms with Gasteiger partial charge in [-0.25, -0.2) is 0 Å². The van der Waals surface area contributed by atoms with E-state index in [1.54, 1.807) is 0 Å². The van der Waals surface area contributed by atoms with Gasteiger partial charge in [0.15, 0.2) is 0 Å². The summed E-state index contributed by atoms with van der Waals surface area (Å²) in [7, 11) is 4.43. The van der Waals surface area contributed by atoms with Gasteiger partial charge in [-0.2, -0.15) is 0 Å². The maximum Gasteiger partial charge on any atom is -0.00696 e. The summed E-state index contributed by atoms with van der Waals surface area (Å²) >= 11 is 0. The molecular weight excluding hydrogens is 187 g/mol. The Morgan fingerprint density at radius 1 is 0.786 bits per heavy atom. The highest BCUT2D eigenvalue weighted by Crippen LogP contribution is 2.08. The largest absolute Gasteiger partial charge is 1.45 e. The molecular formula is C13H11P-2. The summed E-state index contributed by atoms with van der Waals surface area (Å²) in [6.07, 6.45) is 0.959. The summed E-state index contributed by atoms with van der Waals surface area (Å²) in [6.45, 7) is 0. The molecule has 2 aromatic rings. The molecule has 14 heavy (non-hydrogen) atoms. The summed E-state index contributed by atoms with van der Waals surface area (Å²) in [6, 6.07) is 18.7. The third-order valence-electron chi connectivity index (χ3n) is 2.23. The average Bonchev–Trinajstić information content (AvgIpc) is 2.23. The SMILES string of the molecule is [P-2]c1ccccc1Cc1ccccc1. The molecule has 0 bridgehead atoms. The van der Waals surface area contributed by atoms with E-state index in [0.717, 1.165) is 11.7 Å². The van der Waals surface area contributed by atoms with Crippen LogP contribution in [0.25, 0.3) is 0 Å². The highest BCUT2D eigenvalue weighted by molar-refractivity contribution is 7.27. The Morgan fingerprint density at radius 2 is 1.43 bits per heavy atom. The zero-order valence-corrected chi connectivity index (χ0v) is 8.74. The third-order valence-corrected chi connectivity index (χ3v) is 2.67. The maximum atomic E-state index is 4.43. The first kappa shape index (κ1) is 9.43. The Hall–Kier alpha value is -1.13. The molecule has 0 aliphatic carbocycles. The summed E-state index contributed by atoms with van der Waals surface area (Å²) in [5.41, 5.74) is 2.61. The number of benzene rings is 2. The van der Waals surface area contributed by atoms with E-state index in [1.165, 1.54) is 11.1 Å². The lowest BCUT2D eigenvalue weighted by molar-refractivity contribution is 1.21. The van der Waals surface area contributed by atoms with Crippen molar-refractivity contribution in [2.45, 2.75) is 6.42 Å². The number of hydrogen-bond donors (Lipinski definition) is 0. The lowest BCUT2D eigenvalue weighted by Gasteiger charge is -2.37. The van der Waals surface area contributed by atoms with E-state index in [-0.39, 0.29) is 0 Å². The molecule has 0 aliphatic rings. The van der Waals surface area contributed by atoms with Crippen LogP contribution in [0.5, 0.6) is 0 Å². The van der Waals surface area contributed by atoms with Crippen LogP contribution in [0.4, 0.5) is 0 Å². The van der Waals surface area contributed by atoms with Crippen molar-refractivity contribution < 1.29 is 0 Å². The fraction of sp³-hybridized carbons (Fsp3) is 0.0769. The fourth-order valence-electron chi connectivity index (χ4n) is 1.48. The Labute approximate surface area is 87.2 Å². The Bertz CT molecular complexity index is 407. The molecule has 0 heterocycles. The quantitative estimate of drug-likeness (QED) is 0.649. The Morgan fingerprint density at radius 3 is 2.14 bits per heavy atom.